The molecule has 2 aliphatic rings. The van der Waals surface area contributed by atoms with Gasteiger partial charge in [-0.25, -0.2) is 9.65 Å². The van der Waals surface area contributed by atoms with Gasteiger partial charge in [0.2, 0.25) is 29.5 Å². The first-order valence-corrected chi connectivity index (χ1v) is 25.1. The number of rotatable bonds is 37. The van der Waals surface area contributed by atoms with E-state index in [-0.39, 0.29) is 62.0 Å². The molecule has 1 aliphatic carbocycles. The third kappa shape index (κ3) is 26.0. The number of allylic oxidation sites excluding steroid dienone is 2. The molecule has 1 atom stereocenters. The average Bonchev–Trinajstić information content (AvgIpc) is 3.30. The molecule has 19 heteroatoms. The van der Waals surface area contributed by atoms with Gasteiger partial charge in [0, 0.05) is 76.0 Å². The number of para-hydroxylation sites is 1. The largest absolute Gasteiger partial charge is 0.402 e. The summed E-state index contributed by atoms with van der Waals surface area (Å²) in [5, 5.41) is 13.8. The summed E-state index contributed by atoms with van der Waals surface area (Å²) in [7, 11) is -3.75. The van der Waals surface area contributed by atoms with E-state index in [9.17, 15) is 33.4 Å². The first-order chi connectivity index (χ1) is 32.1. The van der Waals surface area contributed by atoms with Gasteiger partial charge in [-0.05, 0) is 69.1 Å². The van der Waals surface area contributed by atoms with E-state index in [1.807, 2.05) is 31.2 Å². The predicted molar refractivity (Wildman–Crippen MR) is 251 cm³/mol. The topological polar surface area (TPSA) is 232 Å². The maximum atomic E-state index is 13.3. The summed E-state index contributed by atoms with van der Waals surface area (Å²) in [5.74, 6) is 5.92. The summed E-state index contributed by atoms with van der Waals surface area (Å²) in [4.78, 5) is 73.2. The van der Waals surface area contributed by atoms with Gasteiger partial charge < -0.3 is 50.0 Å². The lowest BCUT2D eigenvalue weighted by Gasteiger charge is -2.27. The Balaban J connectivity index is 1.03. The molecule has 6 N–H and O–H groups in total. The number of hydrogen-bond acceptors (Lipinski definition) is 11. The van der Waals surface area contributed by atoms with Gasteiger partial charge in [-0.1, -0.05) is 49.5 Å². The van der Waals surface area contributed by atoms with Crippen LogP contribution in [0.5, 0.6) is 0 Å². The summed E-state index contributed by atoms with van der Waals surface area (Å²) in [6.07, 6.45) is 11.7. The number of fused-ring (bicyclic) bond motifs is 1. The van der Waals surface area contributed by atoms with Crippen LogP contribution in [0.4, 0.5) is 5.69 Å². The Morgan fingerprint density at radius 3 is 1.94 bits per heavy atom. The van der Waals surface area contributed by atoms with Crippen LogP contribution in [0.15, 0.2) is 47.6 Å². The first kappa shape index (κ1) is 55.9. The highest BCUT2D eigenvalue weighted by Crippen LogP contribution is 2.36. The summed E-state index contributed by atoms with van der Waals surface area (Å²) in [6, 6.07) is 7.62. The quantitative estimate of drug-likeness (QED) is 0.0316. The fourth-order valence-electron chi connectivity index (χ4n) is 6.57. The molecule has 0 fully saturated rings. The monoisotopic (exact) mass is 945 g/mol. The van der Waals surface area contributed by atoms with Gasteiger partial charge in [-0.3, -0.25) is 28.5 Å². The number of benzene rings is 1. The Labute approximate surface area is 390 Å². The van der Waals surface area contributed by atoms with Crippen molar-refractivity contribution in [1.82, 2.24) is 26.4 Å². The van der Waals surface area contributed by atoms with Crippen molar-refractivity contribution in [2.24, 2.45) is 0 Å². The van der Waals surface area contributed by atoms with E-state index < -0.39 is 7.75 Å². The van der Waals surface area contributed by atoms with E-state index in [0.29, 0.717) is 124 Å². The molecule has 5 amide bonds. The van der Waals surface area contributed by atoms with Crippen LogP contribution < -0.4 is 31.3 Å². The number of carbonyl (C=O) groups is 5. The molecule has 3 rings (SSSR count). The summed E-state index contributed by atoms with van der Waals surface area (Å²) in [6.45, 7) is 7.44. The second-order valence-electron chi connectivity index (χ2n) is 15.7. The molecular formula is C47H73N6O12P. The van der Waals surface area contributed by atoms with Crippen molar-refractivity contribution in [2.75, 3.05) is 104 Å². The molecule has 1 aromatic carbocycles. The molecule has 1 aromatic rings. The van der Waals surface area contributed by atoms with Gasteiger partial charge in [-0.15, -0.1) is 0 Å². The standard InChI is InChI=1S/C47H73N6O12P/c1-2-24-52-66(59,60)65-29-11-10-26-48-44(55)18-12-27-50-43(54)17-4-3-9-25-49-46(57)23-30-61-32-34-63-36-37-64-35-33-62-31-28-51-45(56)21-22-47(58)53-38-41-15-6-5-13-39(41)19-20-40-14-7-8-16-42(40)53/h6-8,14-16H,2-5,9-13,17-18,21-38H2,1H3,(H,48,55)(H,49,57)(H,50,54)(H,51,56)(H2,52,59,60). The SMILES string of the molecule is CCCNP(=O)(O)OCCCCNC(=O)CCCNC(=O)CCCCCNC(=O)CCOCCOCCOCCOCCNC(=O)CCC(=O)N1CC2=C(C#Cc3ccccc31)CCC=C2. The zero-order valence-electron chi connectivity index (χ0n) is 38.8. The van der Waals surface area contributed by atoms with Gasteiger partial charge in [0.15, 0.2) is 0 Å². The van der Waals surface area contributed by atoms with Gasteiger partial charge in [0.05, 0.1) is 71.7 Å². The minimum Gasteiger partial charge on any atom is -0.379 e. The Kier molecular flexibility index (Phi) is 29.5. The minimum absolute atomic E-state index is 0.0660. The molecule has 0 spiro atoms. The van der Waals surface area contributed by atoms with Gasteiger partial charge in [-0.2, -0.15) is 0 Å². The Hall–Kier alpha value is -4.44. The molecule has 18 nitrogen and oxygen atoms in total. The Morgan fingerprint density at radius 2 is 1.23 bits per heavy atom. The minimum atomic E-state index is -3.75. The van der Waals surface area contributed by atoms with Gasteiger partial charge in [0.1, 0.15) is 0 Å². The average molecular weight is 945 g/mol. The highest BCUT2D eigenvalue weighted by molar-refractivity contribution is 7.50. The van der Waals surface area contributed by atoms with Crippen molar-refractivity contribution >= 4 is 43.0 Å². The fourth-order valence-corrected chi connectivity index (χ4v) is 7.55. The van der Waals surface area contributed by atoms with Crippen LogP contribution in [0.1, 0.15) is 102 Å². The highest BCUT2D eigenvalue weighted by Gasteiger charge is 2.23. The summed E-state index contributed by atoms with van der Waals surface area (Å²) < 4.78 is 38.7. The fraction of sp³-hybridized carbons (Fsp3) is 0.638. The van der Waals surface area contributed by atoms with Crippen LogP contribution in [-0.4, -0.2) is 133 Å². The van der Waals surface area contributed by atoms with E-state index in [0.717, 1.165) is 54.5 Å². The van der Waals surface area contributed by atoms with Crippen molar-refractivity contribution in [1.29, 1.82) is 0 Å². The third-order valence-electron chi connectivity index (χ3n) is 10.2. The zero-order valence-corrected chi connectivity index (χ0v) is 39.7. The highest BCUT2D eigenvalue weighted by atomic mass is 31.2. The molecule has 368 valence electrons. The molecule has 0 saturated carbocycles. The van der Waals surface area contributed by atoms with Gasteiger partial charge in [0.25, 0.3) is 0 Å². The number of hydrogen-bond donors (Lipinski definition) is 6. The van der Waals surface area contributed by atoms with Crippen molar-refractivity contribution in [3.05, 3.63) is 53.1 Å². The summed E-state index contributed by atoms with van der Waals surface area (Å²) in [5.41, 5.74) is 3.68. The number of amides is 5. The maximum absolute atomic E-state index is 13.3. The predicted octanol–water partition coefficient (Wildman–Crippen LogP) is 3.97. The molecule has 1 unspecified atom stereocenters. The van der Waals surface area contributed by atoms with Crippen LogP contribution in [-0.2, 0) is 52.0 Å². The Bertz CT molecular complexity index is 1820. The summed E-state index contributed by atoms with van der Waals surface area (Å²) >= 11 is 0. The van der Waals surface area contributed by atoms with Crippen LogP contribution in [0.25, 0.3) is 0 Å². The van der Waals surface area contributed by atoms with Crippen LogP contribution in [0, 0.1) is 11.8 Å². The van der Waals surface area contributed by atoms with E-state index in [1.54, 1.807) is 4.90 Å². The molecule has 1 heterocycles. The first-order valence-electron chi connectivity index (χ1n) is 23.5. The lowest BCUT2D eigenvalue weighted by molar-refractivity contribution is -0.125. The number of nitrogens with zero attached hydrogens (tertiary/aromatic N) is 1. The van der Waals surface area contributed by atoms with Crippen molar-refractivity contribution < 1.29 is 56.9 Å². The number of carbonyl (C=O) groups excluding carboxylic acids is 5. The number of nitrogens with one attached hydrogen (secondary N) is 5. The van der Waals surface area contributed by atoms with Crippen molar-refractivity contribution in [2.45, 2.75) is 96.8 Å². The smallest absolute Gasteiger partial charge is 0.379 e. The van der Waals surface area contributed by atoms with Crippen LogP contribution in [0.3, 0.4) is 0 Å². The molecule has 0 radical (unpaired) electrons. The molecule has 1 aliphatic heterocycles. The second-order valence-corrected chi connectivity index (χ2v) is 17.3. The zero-order chi connectivity index (χ0) is 47.5. The van der Waals surface area contributed by atoms with E-state index in [1.165, 1.54) is 0 Å². The lowest BCUT2D eigenvalue weighted by atomic mass is 9.95. The van der Waals surface area contributed by atoms with Crippen molar-refractivity contribution in [3.8, 4) is 11.8 Å². The maximum Gasteiger partial charge on any atom is 0.402 e. The molecular weight excluding hydrogens is 872 g/mol. The number of unbranched alkanes of at least 4 members (excludes halogenated alkanes) is 3. The van der Waals surface area contributed by atoms with Crippen molar-refractivity contribution in [3.63, 3.8) is 0 Å². The molecule has 0 bridgehead atoms. The van der Waals surface area contributed by atoms with Crippen LogP contribution in [0.2, 0.25) is 0 Å². The molecule has 0 saturated heterocycles. The molecule has 0 aromatic heterocycles. The number of ether oxygens (including phenoxy) is 4. The van der Waals surface area contributed by atoms with Crippen LogP contribution >= 0.6 is 7.75 Å². The normalized spacial score (nSPS) is 13.9. The van der Waals surface area contributed by atoms with E-state index in [2.05, 4.69) is 50.3 Å². The second kappa shape index (κ2) is 34.8. The molecule has 66 heavy (non-hydrogen) atoms. The number of anilines is 1. The van der Waals surface area contributed by atoms with E-state index in [4.69, 9.17) is 23.5 Å². The lowest BCUT2D eigenvalue weighted by Crippen LogP contribution is -2.35. The van der Waals surface area contributed by atoms with Gasteiger partial charge >= 0.3 is 7.75 Å². The third-order valence-corrected chi connectivity index (χ3v) is 11.3. The Morgan fingerprint density at radius 1 is 0.636 bits per heavy atom. The van der Waals surface area contributed by atoms with E-state index >= 15 is 0 Å².